The molecule has 4 aromatic rings. The quantitative estimate of drug-likeness (QED) is 0.576. The maximum atomic E-state index is 12.5. The summed E-state index contributed by atoms with van der Waals surface area (Å²) in [5.74, 6) is -0.313. The highest BCUT2D eigenvalue weighted by molar-refractivity contribution is 5.96. The second-order valence-corrected chi connectivity index (χ2v) is 6.25. The second-order valence-electron chi connectivity index (χ2n) is 6.25. The highest BCUT2D eigenvalue weighted by Crippen LogP contribution is 2.12. The molecule has 0 aliphatic rings. The standard InChI is InChI=1S/C21H18N4O2/c26-20-18-9-4-3-6-15(18)12-19(24-20)21(27)22-13-16-7-1-2-8-17(16)14-25-11-5-10-23-25/h1-12H,13-14H2,(H,22,27)(H,24,26). The van der Waals surface area contributed by atoms with Crippen molar-refractivity contribution >= 4 is 16.7 Å². The first-order valence-electron chi connectivity index (χ1n) is 8.65. The zero-order valence-corrected chi connectivity index (χ0v) is 14.6. The minimum Gasteiger partial charge on any atom is -0.347 e. The van der Waals surface area contributed by atoms with Gasteiger partial charge in [-0.1, -0.05) is 42.5 Å². The molecule has 0 unspecified atom stereocenters. The normalized spacial score (nSPS) is 10.8. The predicted octanol–water partition coefficient (Wildman–Crippen LogP) is 2.70. The molecule has 0 saturated carbocycles. The number of hydrogen-bond acceptors (Lipinski definition) is 3. The van der Waals surface area contributed by atoms with Gasteiger partial charge in [-0.25, -0.2) is 0 Å². The summed E-state index contributed by atoms with van der Waals surface area (Å²) in [4.78, 5) is 27.4. The average molecular weight is 358 g/mol. The van der Waals surface area contributed by atoms with Gasteiger partial charge in [0.05, 0.1) is 6.54 Å². The van der Waals surface area contributed by atoms with Crippen LogP contribution in [0.4, 0.5) is 0 Å². The van der Waals surface area contributed by atoms with Crippen molar-refractivity contribution in [3.8, 4) is 0 Å². The van der Waals surface area contributed by atoms with E-state index in [1.54, 1.807) is 24.4 Å². The lowest BCUT2D eigenvalue weighted by Gasteiger charge is -2.11. The largest absolute Gasteiger partial charge is 0.347 e. The fourth-order valence-electron chi connectivity index (χ4n) is 3.06. The summed E-state index contributed by atoms with van der Waals surface area (Å²) in [6.45, 7) is 0.997. The van der Waals surface area contributed by atoms with Gasteiger partial charge in [0.25, 0.3) is 11.5 Å². The molecule has 1 amide bonds. The number of amides is 1. The van der Waals surface area contributed by atoms with Crippen LogP contribution in [0.5, 0.6) is 0 Å². The van der Waals surface area contributed by atoms with Gasteiger partial charge in [-0.05, 0) is 34.7 Å². The molecule has 0 bridgehead atoms. The molecular formula is C21H18N4O2. The molecule has 2 heterocycles. The van der Waals surface area contributed by atoms with Gasteiger partial charge in [0.2, 0.25) is 0 Å². The van der Waals surface area contributed by atoms with Crippen molar-refractivity contribution in [3.63, 3.8) is 0 Å². The summed E-state index contributed by atoms with van der Waals surface area (Å²) >= 11 is 0. The third-order valence-electron chi connectivity index (χ3n) is 4.45. The van der Waals surface area contributed by atoms with Gasteiger partial charge in [0, 0.05) is 24.3 Å². The van der Waals surface area contributed by atoms with Crippen molar-refractivity contribution in [2.45, 2.75) is 13.1 Å². The number of pyridine rings is 1. The van der Waals surface area contributed by atoms with Crippen molar-refractivity contribution in [1.82, 2.24) is 20.1 Å². The van der Waals surface area contributed by atoms with Gasteiger partial charge < -0.3 is 10.3 Å². The van der Waals surface area contributed by atoms with E-state index in [0.717, 1.165) is 16.5 Å². The van der Waals surface area contributed by atoms with Crippen LogP contribution in [0.25, 0.3) is 10.8 Å². The Morgan fingerprint density at radius 3 is 2.63 bits per heavy atom. The lowest BCUT2D eigenvalue weighted by molar-refractivity contribution is 0.0946. The minimum absolute atomic E-state index is 0.253. The number of fused-ring (bicyclic) bond motifs is 1. The molecule has 6 nitrogen and oxygen atoms in total. The molecule has 4 rings (SSSR count). The van der Waals surface area contributed by atoms with Gasteiger partial charge in [-0.3, -0.25) is 14.3 Å². The number of rotatable bonds is 5. The summed E-state index contributed by atoms with van der Waals surface area (Å²) in [6, 6.07) is 18.7. The lowest BCUT2D eigenvalue weighted by atomic mass is 10.1. The first-order chi connectivity index (χ1) is 13.2. The molecule has 0 radical (unpaired) electrons. The van der Waals surface area contributed by atoms with E-state index in [1.807, 2.05) is 53.3 Å². The maximum absolute atomic E-state index is 12.5. The van der Waals surface area contributed by atoms with Gasteiger partial charge >= 0.3 is 0 Å². The van der Waals surface area contributed by atoms with Crippen molar-refractivity contribution in [2.75, 3.05) is 0 Å². The molecule has 2 N–H and O–H groups in total. The third kappa shape index (κ3) is 3.64. The monoisotopic (exact) mass is 358 g/mol. The van der Waals surface area contributed by atoms with Crippen LogP contribution >= 0.6 is 0 Å². The Morgan fingerprint density at radius 2 is 1.81 bits per heavy atom. The van der Waals surface area contributed by atoms with E-state index in [4.69, 9.17) is 0 Å². The Kier molecular flexibility index (Phi) is 4.53. The summed E-state index contributed by atoms with van der Waals surface area (Å²) in [7, 11) is 0. The molecule has 0 fully saturated rings. The number of hydrogen-bond donors (Lipinski definition) is 2. The van der Waals surface area contributed by atoms with Gasteiger partial charge in [-0.15, -0.1) is 0 Å². The van der Waals surface area contributed by atoms with Crippen molar-refractivity contribution in [2.24, 2.45) is 0 Å². The van der Waals surface area contributed by atoms with E-state index in [1.165, 1.54) is 0 Å². The number of carbonyl (C=O) groups excluding carboxylic acids is 1. The molecule has 27 heavy (non-hydrogen) atoms. The summed E-state index contributed by atoms with van der Waals surface area (Å²) in [5.41, 5.74) is 2.07. The highest BCUT2D eigenvalue weighted by atomic mass is 16.2. The Hall–Kier alpha value is -3.67. The Balaban J connectivity index is 1.52. The van der Waals surface area contributed by atoms with Crippen LogP contribution < -0.4 is 10.9 Å². The number of benzene rings is 2. The predicted molar refractivity (Wildman–Crippen MR) is 104 cm³/mol. The molecule has 0 atom stereocenters. The maximum Gasteiger partial charge on any atom is 0.268 e. The van der Waals surface area contributed by atoms with Crippen molar-refractivity contribution < 1.29 is 4.79 Å². The first kappa shape index (κ1) is 16.8. The molecule has 134 valence electrons. The van der Waals surface area contributed by atoms with Crippen LogP contribution in [0.1, 0.15) is 21.6 Å². The Labute approximate surface area is 155 Å². The van der Waals surface area contributed by atoms with Crippen molar-refractivity contribution in [3.05, 3.63) is 100 Å². The minimum atomic E-state index is -0.313. The van der Waals surface area contributed by atoms with Gasteiger partial charge in [-0.2, -0.15) is 5.10 Å². The van der Waals surface area contributed by atoms with Crippen LogP contribution in [-0.2, 0) is 13.1 Å². The average Bonchev–Trinajstić information content (AvgIpc) is 3.20. The van der Waals surface area contributed by atoms with Crippen LogP contribution in [0.2, 0.25) is 0 Å². The van der Waals surface area contributed by atoms with Gasteiger partial charge in [0.15, 0.2) is 0 Å². The molecule has 0 saturated heterocycles. The molecule has 2 aromatic heterocycles. The molecular weight excluding hydrogens is 340 g/mol. The number of H-pyrrole nitrogens is 1. The number of nitrogens with zero attached hydrogens (tertiary/aromatic N) is 2. The zero-order chi connectivity index (χ0) is 18.6. The van der Waals surface area contributed by atoms with Crippen LogP contribution in [0, 0.1) is 0 Å². The topological polar surface area (TPSA) is 79.8 Å². The SMILES string of the molecule is O=C(NCc1ccccc1Cn1cccn1)c1cc2ccccc2c(=O)[nH]1. The second kappa shape index (κ2) is 7.29. The van der Waals surface area contributed by atoms with Crippen LogP contribution in [-0.4, -0.2) is 20.7 Å². The zero-order valence-electron chi connectivity index (χ0n) is 14.6. The van der Waals surface area contributed by atoms with Crippen LogP contribution in [0.15, 0.2) is 77.9 Å². The number of carbonyl (C=O) groups is 1. The van der Waals surface area contributed by atoms with E-state index >= 15 is 0 Å². The molecule has 0 spiro atoms. The number of nitrogens with one attached hydrogen (secondary N) is 2. The fourth-order valence-corrected chi connectivity index (χ4v) is 3.06. The van der Waals surface area contributed by atoms with E-state index < -0.39 is 0 Å². The summed E-state index contributed by atoms with van der Waals surface area (Å²) in [5, 5.41) is 8.42. The third-order valence-corrected chi connectivity index (χ3v) is 4.45. The number of aromatic amines is 1. The van der Waals surface area contributed by atoms with E-state index in [9.17, 15) is 9.59 Å². The molecule has 2 aromatic carbocycles. The van der Waals surface area contributed by atoms with E-state index in [2.05, 4.69) is 15.4 Å². The van der Waals surface area contributed by atoms with Crippen molar-refractivity contribution in [1.29, 1.82) is 0 Å². The van der Waals surface area contributed by atoms with E-state index in [0.29, 0.717) is 18.5 Å². The fraction of sp³-hybridized carbons (Fsp3) is 0.0952. The molecule has 0 aliphatic heterocycles. The smallest absolute Gasteiger partial charge is 0.268 e. The summed E-state index contributed by atoms with van der Waals surface area (Å²) < 4.78 is 1.83. The highest BCUT2D eigenvalue weighted by Gasteiger charge is 2.10. The summed E-state index contributed by atoms with van der Waals surface area (Å²) in [6.07, 6.45) is 3.63. The van der Waals surface area contributed by atoms with Crippen LogP contribution in [0.3, 0.4) is 0 Å². The van der Waals surface area contributed by atoms with Gasteiger partial charge in [0.1, 0.15) is 5.69 Å². The first-order valence-corrected chi connectivity index (χ1v) is 8.65. The number of aromatic nitrogens is 3. The van der Waals surface area contributed by atoms with E-state index in [-0.39, 0.29) is 17.2 Å². The Bertz CT molecular complexity index is 1150. The molecule has 0 aliphatic carbocycles. The lowest BCUT2D eigenvalue weighted by Crippen LogP contribution is -2.26. The molecule has 6 heteroatoms. The Morgan fingerprint density at radius 1 is 1.04 bits per heavy atom.